The highest BCUT2D eigenvalue weighted by Gasteiger charge is 2.17. The van der Waals surface area contributed by atoms with Gasteiger partial charge >= 0.3 is 5.00 Å². The number of nitrogens with zero attached hydrogens (tertiary/aromatic N) is 4. The second kappa shape index (κ2) is 8.50. The van der Waals surface area contributed by atoms with E-state index in [9.17, 15) is 10.1 Å². The average molecular weight is 428 g/mol. The maximum atomic E-state index is 10.9. The monoisotopic (exact) mass is 428 g/mol. The molecule has 0 unspecified atom stereocenters. The first-order valence-electron chi connectivity index (χ1n) is 8.58. The van der Waals surface area contributed by atoms with Gasteiger partial charge in [-0.05, 0) is 42.0 Å². The van der Waals surface area contributed by atoms with E-state index in [0.717, 1.165) is 34.0 Å². The highest BCUT2D eigenvalue weighted by molar-refractivity contribution is 7.98. The molecule has 0 aliphatic heterocycles. The van der Waals surface area contributed by atoms with Crippen LogP contribution in [0.25, 0.3) is 11.4 Å². The number of aromatic nitrogens is 3. The van der Waals surface area contributed by atoms with E-state index in [-0.39, 0.29) is 9.92 Å². The molecule has 0 radical (unpaired) electrons. The Balaban J connectivity index is 1.61. The lowest BCUT2D eigenvalue weighted by atomic mass is 10.2. The second-order valence-electron chi connectivity index (χ2n) is 6.04. The van der Waals surface area contributed by atoms with Gasteiger partial charge in [-0.3, -0.25) is 14.7 Å². The summed E-state index contributed by atoms with van der Waals surface area (Å²) < 4.78 is 12.7. The van der Waals surface area contributed by atoms with Crippen LogP contribution in [0.3, 0.4) is 0 Å². The Hall–Kier alpha value is -3.11. The Morgan fingerprint density at radius 2 is 2.10 bits per heavy atom. The van der Waals surface area contributed by atoms with E-state index in [1.807, 2.05) is 41.0 Å². The molecular formula is C19H16N4O4S2. The summed E-state index contributed by atoms with van der Waals surface area (Å²) in [6, 6.07) is 12.9. The van der Waals surface area contributed by atoms with Crippen molar-refractivity contribution in [1.82, 2.24) is 14.8 Å². The van der Waals surface area contributed by atoms with Crippen LogP contribution in [-0.4, -0.2) is 26.8 Å². The van der Waals surface area contributed by atoms with Crippen LogP contribution in [0, 0.1) is 10.1 Å². The molecule has 8 nitrogen and oxygen atoms in total. The Bertz CT molecular complexity index is 1100. The molecule has 0 saturated carbocycles. The maximum absolute atomic E-state index is 10.9. The van der Waals surface area contributed by atoms with Crippen LogP contribution >= 0.6 is 23.1 Å². The highest BCUT2D eigenvalue weighted by Crippen LogP contribution is 2.31. The number of hydrogen-bond donors (Lipinski definition) is 0. The van der Waals surface area contributed by atoms with Crippen LogP contribution in [-0.2, 0) is 12.3 Å². The topological polar surface area (TPSA) is 96.2 Å². The summed E-state index contributed by atoms with van der Waals surface area (Å²) in [7, 11) is 1.62. The van der Waals surface area contributed by atoms with Crippen molar-refractivity contribution in [2.24, 2.45) is 0 Å². The van der Waals surface area contributed by atoms with Crippen molar-refractivity contribution in [3.05, 3.63) is 75.5 Å². The van der Waals surface area contributed by atoms with Crippen molar-refractivity contribution in [2.75, 3.05) is 7.11 Å². The molecule has 0 N–H and O–H groups in total. The summed E-state index contributed by atoms with van der Waals surface area (Å²) in [4.78, 5) is 10.5. The van der Waals surface area contributed by atoms with Gasteiger partial charge in [-0.25, -0.2) is 0 Å². The van der Waals surface area contributed by atoms with Gasteiger partial charge in [0.25, 0.3) is 0 Å². The third kappa shape index (κ3) is 4.33. The van der Waals surface area contributed by atoms with Gasteiger partial charge in [-0.1, -0.05) is 23.1 Å². The number of rotatable bonds is 8. The second-order valence-corrected chi connectivity index (χ2v) is 7.87. The smallest absolute Gasteiger partial charge is 0.324 e. The van der Waals surface area contributed by atoms with Crippen molar-refractivity contribution < 1.29 is 14.1 Å². The third-order valence-corrected chi connectivity index (χ3v) is 6.11. The zero-order valence-electron chi connectivity index (χ0n) is 15.3. The molecule has 0 fully saturated rings. The van der Waals surface area contributed by atoms with E-state index < -0.39 is 0 Å². The van der Waals surface area contributed by atoms with Crippen LogP contribution in [0.2, 0.25) is 0 Å². The summed E-state index contributed by atoms with van der Waals surface area (Å²) in [5.41, 5.74) is 1.79. The minimum absolute atomic E-state index is 0.136. The minimum atomic E-state index is -0.375. The van der Waals surface area contributed by atoms with E-state index in [1.165, 1.54) is 11.8 Å². The van der Waals surface area contributed by atoms with Crippen LogP contribution in [0.15, 0.2) is 63.7 Å². The molecule has 4 rings (SSSR count). The first kappa shape index (κ1) is 19.2. The average Bonchev–Trinajstić information content (AvgIpc) is 3.48. The summed E-state index contributed by atoms with van der Waals surface area (Å²) in [6.45, 7) is 0.480. The molecule has 3 aromatic heterocycles. The molecule has 148 valence electrons. The van der Waals surface area contributed by atoms with Crippen molar-refractivity contribution in [1.29, 1.82) is 0 Å². The van der Waals surface area contributed by atoms with Crippen molar-refractivity contribution >= 4 is 28.1 Å². The molecule has 29 heavy (non-hydrogen) atoms. The minimum Gasteiger partial charge on any atom is -0.497 e. The molecule has 0 aliphatic rings. The number of benzene rings is 1. The van der Waals surface area contributed by atoms with E-state index in [2.05, 4.69) is 10.2 Å². The molecule has 0 bridgehead atoms. The number of nitro groups is 1. The van der Waals surface area contributed by atoms with Crippen LogP contribution < -0.4 is 4.74 Å². The SMILES string of the molecule is COc1ccc(-c2nnc(SCc3csc([N+](=O)[O-])c3)n2Cc2ccco2)cc1. The van der Waals surface area contributed by atoms with Crippen molar-refractivity contribution in [3.63, 3.8) is 0 Å². The molecule has 0 amide bonds. The van der Waals surface area contributed by atoms with Crippen molar-refractivity contribution in [3.8, 4) is 17.1 Å². The van der Waals surface area contributed by atoms with Crippen LogP contribution in [0.1, 0.15) is 11.3 Å². The normalized spacial score (nSPS) is 10.9. The fourth-order valence-electron chi connectivity index (χ4n) is 2.73. The fraction of sp³-hybridized carbons (Fsp3) is 0.158. The van der Waals surface area contributed by atoms with Gasteiger partial charge in [-0.15, -0.1) is 10.2 Å². The summed E-state index contributed by atoms with van der Waals surface area (Å²) in [5.74, 6) is 2.82. The first-order chi connectivity index (χ1) is 14.1. The molecule has 10 heteroatoms. The predicted octanol–water partition coefficient (Wildman–Crippen LogP) is 4.86. The number of methoxy groups -OCH3 is 1. The van der Waals surface area contributed by atoms with Gasteiger partial charge in [0.15, 0.2) is 11.0 Å². The molecule has 0 spiro atoms. The Labute approximate surface area is 174 Å². The fourth-order valence-corrected chi connectivity index (χ4v) is 4.43. The van der Waals surface area contributed by atoms with E-state index in [4.69, 9.17) is 9.15 Å². The largest absolute Gasteiger partial charge is 0.497 e. The van der Waals surface area contributed by atoms with Crippen molar-refractivity contribution in [2.45, 2.75) is 17.5 Å². The number of thiophene rings is 1. The van der Waals surface area contributed by atoms with E-state index in [0.29, 0.717) is 23.3 Å². The maximum Gasteiger partial charge on any atom is 0.324 e. The summed E-state index contributed by atoms with van der Waals surface area (Å²) in [6.07, 6.45) is 1.63. The quantitative estimate of drug-likeness (QED) is 0.225. The zero-order chi connectivity index (χ0) is 20.2. The van der Waals surface area contributed by atoms with Gasteiger partial charge in [0.2, 0.25) is 0 Å². The molecule has 1 aromatic carbocycles. The third-order valence-electron chi connectivity index (χ3n) is 4.15. The number of thioether (sulfide) groups is 1. The number of ether oxygens (including phenoxy) is 1. The Morgan fingerprint density at radius 3 is 2.76 bits per heavy atom. The molecule has 0 aliphatic carbocycles. The molecule has 0 saturated heterocycles. The summed E-state index contributed by atoms with van der Waals surface area (Å²) in [5, 5.41) is 22.2. The van der Waals surface area contributed by atoms with Gasteiger partial charge in [0, 0.05) is 22.8 Å². The first-order valence-corrected chi connectivity index (χ1v) is 10.4. The van der Waals surface area contributed by atoms with Gasteiger partial charge in [-0.2, -0.15) is 0 Å². The molecule has 0 atom stereocenters. The molecule has 3 heterocycles. The predicted molar refractivity (Wildman–Crippen MR) is 110 cm³/mol. The Morgan fingerprint density at radius 1 is 1.28 bits per heavy atom. The number of hydrogen-bond acceptors (Lipinski definition) is 8. The standard InChI is InChI=1S/C19H16N4O4S2/c1-26-15-6-4-14(5-7-15)18-20-21-19(22(18)10-16-3-2-8-27-16)29-12-13-9-17(23(24)25)28-11-13/h2-9,11H,10,12H2,1H3. The van der Waals surface area contributed by atoms with E-state index in [1.54, 1.807) is 24.8 Å². The highest BCUT2D eigenvalue weighted by atomic mass is 32.2. The van der Waals surface area contributed by atoms with Gasteiger partial charge in [0.1, 0.15) is 11.5 Å². The molecule has 4 aromatic rings. The van der Waals surface area contributed by atoms with Gasteiger partial charge < -0.3 is 9.15 Å². The number of furan rings is 1. The lowest BCUT2D eigenvalue weighted by molar-refractivity contribution is -0.380. The van der Waals surface area contributed by atoms with E-state index >= 15 is 0 Å². The Kier molecular flexibility index (Phi) is 5.63. The zero-order valence-corrected chi connectivity index (χ0v) is 17.0. The van der Waals surface area contributed by atoms with Gasteiger partial charge in [0.05, 0.1) is 24.8 Å². The van der Waals surface area contributed by atoms with Crippen LogP contribution in [0.4, 0.5) is 5.00 Å². The summed E-state index contributed by atoms with van der Waals surface area (Å²) >= 11 is 2.60. The lowest BCUT2D eigenvalue weighted by Gasteiger charge is -2.09. The van der Waals surface area contributed by atoms with Crippen LogP contribution in [0.5, 0.6) is 5.75 Å². The lowest BCUT2D eigenvalue weighted by Crippen LogP contribution is -2.03. The molecular weight excluding hydrogens is 412 g/mol.